The summed E-state index contributed by atoms with van der Waals surface area (Å²) in [6.45, 7) is 2.44. The summed E-state index contributed by atoms with van der Waals surface area (Å²) in [5, 5.41) is 6.51. The Bertz CT molecular complexity index is 376. The molecule has 6 heteroatoms. The number of halogens is 1. The third-order valence-corrected chi connectivity index (χ3v) is 3.27. The second-order valence-electron chi connectivity index (χ2n) is 4.71. The van der Waals surface area contributed by atoms with Crippen LogP contribution in [0.5, 0.6) is 0 Å². The molecule has 1 atom stereocenters. The van der Waals surface area contributed by atoms with Crippen LogP contribution in [0.3, 0.4) is 0 Å². The van der Waals surface area contributed by atoms with E-state index < -0.39 is 0 Å². The molecule has 0 aliphatic carbocycles. The zero-order chi connectivity index (χ0) is 13.3. The van der Waals surface area contributed by atoms with Gasteiger partial charge in [-0.2, -0.15) is 0 Å². The van der Waals surface area contributed by atoms with Crippen molar-refractivity contribution in [2.24, 2.45) is 4.99 Å². The summed E-state index contributed by atoms with van der Waals surface area (Å²) in [7, 11) is 1.77. The van der Waals surface area contributed by atoms with Gasteiger partial charge in [0.2, 0.25) is 0 Å². The molecule has 0 radical (unpaired) electrons. The molecule has 114 valence electrons. The van der Waals surface area contributed by atoms with Gasteiger partial charge in [-0.1, -0.05) is 0 Å². The van der Waals surface area contributed by atoms with Crippen molar-refractivity contribution in [3.05, 3.63) is 24.2 Å². The van der Waals surface area contributed by atoms with Crippen LogP contribution in [0, 0.1) is 0 Å². The lowest BCUT2D eigenvalue weighted by atomic mass is 10.1. The summed E-state index contributed by atoms with van der Waals surface area (Å²) in [6, 6.07) is 3.82. The van der Waals surface area contributed by atoms with E-state index in [1.54, 1.807) is 13.3 Å². The van der Waals surface area contributed by atoms with Gasteiger partial charge in [0.1, 0.15) is 5.76 Å². The summed E-state index contributed by atoms with van der Waals surface area (Å²) in [5.41, 5.74) is 0. The number of nitrogens with zero attached hydrogens (tertiary/aromatic N) is 1. The molecule has 2 rings (SSSR count). The summed E-state index contributed by atoms with van der Waals surface area (Å²) < 4.78 is 11.0. The minimum atomic E-state index is 0. The molecule has 5 nitrogen and oxygen atoms in total. The highest BCUT2D eigenvalue weighted by Crippen LogP contribution is 2.14. The van der Waals surface area contributed by atoms with E-state index in [1.165, 1.54) is 19.3 Å². The van der Waals surface area contributed by atoms with Gasteiger partial charge < -0.3 is 19.8 Å². The molecule has 0 saturated carbocycles. The van der Waals surface area contributed by atoms with Gasteiger partial charge in [0.25, 0.3) is 0 Å². The standard InChI is InChI=1S/C14H23N3O2.HI/c1-15-14(17-11-13-6-4-10-19-13)16-8-7-12-5-2-3-9-18-12;/h4,6,10,12H,2-3,5,7-9,11H2,1H3,(H2,15,16,17);1H. The van der Waals surface area contributed by atoms with E-state index in [1.807, 2.05) is 12.1 Å². The quantitative estimate of drug-likeness (QED) is 0.459. The number of nitrogens with one attached hydrogen (secondary N) is 2. The third kappa shape index (κ3) is 6.13. The topological polar surface area (TPSA) is 58.8 Å². The summed E-state index contributed by atoms with van der Waals surface area (Å²) >= 11 is 0. The number of furan rings is 1. The van der Waals surface area contributed by atoms with Crippen LogP contribution in [0.1, 0.15) is 31.4 Å². The fourth-order valence-corrected chi connectivity index (χ4v) is 2.19. The normalized spacial score (nSPS) is 19.2. The summed E-state index contributed by atoms with van der Waals surface area (Å²) in [6.07, 6.45) is 6.78. The lowest BCUT2D eigenvalue weighted by Crippen LogP contribution is -2.38. The van der Waals surface area contributed by atoms with Gasteiger partial charge in [0.05, 0.1) is 18.9 Å². The first-order valence-electron chi connectivity index (χ1n) is 6.97. The first-order chi connectivity index (χ1) is 9.38. The van der Waals surface area contributed by atoms with Crippen molar-refractivity contribution in [3.8, 4) is 0 Å². The van der Waals surface area contributed by atoms with Crippen molar-refractivity contribution in [1.82, 2.24) is 10.6 Å². The second-order valence-corrected chi connectivity index (χ2v) is 4.71. The van der Waals surface area contributed by atoms with E-state index in [-0.39, 0.29) is 24.0 Å². The van der Waals surface area contributed by atoms with Crippen LogP contribution in [0.15, 0.2) is 27.8 Å². The van der Waals surface area contributed by atoms with Crippen molar-refractivity contribution in [1.29, 1.82) is 0 Å². The van der Waals surface area contributed by atoms with Crippen molar-refractivity contribution in [3.63, 3.8) is 0 Å². The largest absolute Gasteiger partial charge is 0.467 e. The maximum atomic E-state index is 5.70. The zero-order valence-corrected chi connectivity index (χ0v) is 14.3. The minimum Gasteiger partial charge on any atom is -0.467 e. The Morgan fingerprint density at radius 1 is 1.40 bits per heavy atom. The molecule has 1 saturated heterocycles. The lowest BCUT2D eigenvalue weighted by Gasteiger charge is -2.22. The number of hydrogen-bond acceptors (Lipinski definition) is 3. The van der Waals surface area contributed by atoms with Crippen LogP contribution >= 0.6 is 24.0 Å². The molecule has 1 aromatic heterocycles. The highest BCUT2D eigenvalue weighted by atomic mass is 127. The molecule has 1 fully saturated rings. The number of ether oxygens (including phenoxy) is 1. The maximum absolute atomic E-state index is 5.70. The van der Waals surface area contributed by atoms with Gasteiger partial charge >= 0.3 is 0 Å². The van der Waals surface area contributed by atoms with E-state index in [0.29, 0.717) is 12.6 Å². The van der Waals surface area contributed by atoms with Crippen LogP contribution < -0.4 is 10.6 Å². The van der Waals surface area contributed by atoms with Crippen LogP contribution in [-0.4, -0.2) is 32.3 Å². The molecule has 1 unspecified atom stereocenters. The van der Waals surface area contributed by atoms with Crippen LogP contribution in [0.4, 0.5) is 0 Å². The average Bonchev–Trinajstić information content (AvgIpc) is 2.97. The van der Waals surface area contributed by atoms with Crippen LogP contribution in [0.25, 0.3) is 0 Å². The van der Waals surface area contributed by atoms with E-state index in [4.69, 9.17) is 9.15 Å². The predicted molar refractivity (Wildman–Crippen MR) is 90.5 cm³/mol. The second kappa shape index (κ2) is 10.0. The molecule has 0 amide bonds. The first kappa shape index (κ1) is 17.3. The molecule has 20 heavy (non-hydrogen) atoms. The molecule has 0 bridgehead atoms. The third-order valence-electron chi connectivity index (χ3n) is 3.27. The Hall–Kier alpha value is -0.760. The van der Waals surface area contributed by atoms with Crippen LogP contribution in [0.2, 0.25) is 0 Å². The molecule has 2 heterocycles. The highest BCUT2D eigenvalue weighted by Gasteiger charge is 2.13. The Labute approximate surface area is 137 Å². The predicted octanol–water partition coefficient (Wildman–Crippen LogP) is 2.52. The van der Waals surface area contributed by atoms with Crippen molar-refractivity contribution in [2.75, 3.05) is 20.2 Å². The molecule has 1 aliphatic heterocycles. The first-order valence-corrected chi connectivity index (χ1v) is 6.97. The maximum Gasteiger partial charge on any atom is 0.191 e. The van der Waals surface area contributed by atoms with Gasteiger partial charge in [-0.25, -0.2) is 0 Å². The van der Waals surface area contributed by atoms with Gasteiger partial charge in [-0.15, -0.1) is 24.0 Å². The minimum absolute atomic E-state index is 0. The van der Waals surface area contributed by atoms with Gasteiger partial charge in [0, 0.05) is 20.2 Å². The van der Waals surface area contributed by atoms with E-state index in [9.17, 15) is 0 Å². The Balaban J connectivity index is 0.00000200. The Morgan fingerprint density at radius 3 is 2.95 bits per heavy atom. The number of rotatable bonds is 5. The Morgan fingerprint density at radius 2 is 2.30 bits per heavy atom. The molecular formula is C14H24IN3O2. The molecule has 0 spiro atoms. The molecule has 1 aliphatic rings. The van der Waals surface area contributed by atoms with E-state index in [2.05, 4.69) is 15.6 Å². The fraction of sp³-hybridized carbons (Fsp3) is 0.643. The Kier molecular flexibility index (Phi) is 8.68. The van der Waals surface area contributed by atoms with E-state index in [0.717, 1.165) is 31.3 Å². The average molecular weight is 393 g/mol. The van der Waals surface area contributed by atoms with Crippen molar-refractivity contribution in [2.45, 2.75) is 38.3 Å². The molecule has 2 N–H and O–H groups in total. The monoisotopic (exact) mass is 393 g/mol. The highest BCUT2D eigenvalue weighted by molar-refractivity contribution is 14.0. The summed E-state index contributed by atoms with van der Waals surface area (Å²) in [5.74, 6) is 1.70. The van der Waals surface area contributed by atoms with Crippen molar-refractivity contribution >= 4 is 29.9 Å². The van der Waals surface area contributed by atoms with Gasteiger partial charge in [0.15, 0.2) is 5.96 Å². The number of guanidine groups is 1. The zero-order valence-electron chi connectivity index (χ0n) is 11.9. The SMILES string of the molecule is CN=C(NCCC1CCCCO1)NCc1ccco1.I. The molecule has 1 aromatic rings. The van der Waals surface area contributed by atoms with Gasteiger partial charge in [-0.05, 0) is 37.8 Å². The van der Waals surface area contributed by atoms with Crippen molar-refractivity contribution < 1.29 is 9.15 Å². The van der Waals surface area contributed by atoms with Crippen LogP contribution in [-0.2, 0) is 11.3 Å². The fourth-order valence-electron chi connectivity index (χ4n) is 2.19. The molecular weight excluding hydrogens is 369 g/mol. The van der Waals surface area contributed by atoms with Gasteiger partial charge in [-0.3, -0.25) is 4.99 Å². The summed E-state index contributed by atoms with van der Waals surface area (Å²) in [4.78, 5) is 4.18. The van der Waals surface area contributed by atoms with E-state index >= 15 is 0 Å². The lowest BCUT2D eigenvalue weighted by molar-refractivity contribution is 0.0122. The smallest absolute Gasteiger partial charge is 0.191 e. The number of hydrogen-bond donors (Lipinski definition) is 2. The molecule has 0 aromatic carbocycles. The number of aliphatic imine (C=N–C) groups is 1.